The number of alkyl carbamates (subject to hydrolysis) is 1. The highest BCUT2D eigenvalue weighted by molar-refractivity contribution is 5.99. The highest BCUT2D eigenvalue weighted by atomic mass is 16.6. The summed E-state index contributed by atoms with van der Waals surface area (Å²) in [5.74, 6) is 1.79. The van der Waals surface area contributed by atoms with E-state index >= 15 is 0 Å². The molecule has 0 aliphatic carbocycles. The van der Waals surface area contributed by atoms with Crippen LogP contribution in [0.15, 0.2) is 48.5 Å². The van der Waals surface area contributed by atoms with Crippen LogP contribution in [0.5, 0.6) is 0 Å². The minimum absolute atomic E-state index is 0.343. The lowest BCUT2D eigenvalue weighted by Gasteiger charge is -2.43. The van der Waals surface area contributed by atoms with Crippen molar-refractivity contribution in [3.05, 3.63) is 65.2 Å². The Kier molecular flexibility index (Phi) is 9.29. The van der Waals surface area contributed by atoms with Gasteiger partial charge in [-0.15, -0.1) is 6.42 Å². The summed E-state index contributed by atoms with van der Waals surface area (Å²) in [5, 5.41) is 5.50. The van der Waals surface area contributed by atoms with E-state index in [4.69, 9.17) is 11.2 Å². The van der Waals surface area contributed by atoms with Crippen LogP contribution in [-0.4, -0.2) is 40.5 Å². The summed E-state index contributed by atoms with van der Waals surface area (Å²) in [4.78, 5) is 41.3. The van der Waals surface area contributed by atoms with Gasteiger partial charge in [-0.1, -0.05) is 49.2 Å². The van der Waals surface area contributed by atoms with E-state index in [0.717, 1.165) is 5.56 Å². The Morgan fingerprint density at radius 1 is 1.03 bits per heavy atom. The molecular formula is C29H37N3O4. The number of ether oxygens (including phenoxy) is 1. The number of carbonyl (C=O) groups is 3. The average Bonchev–Trinajstić information content (AvgIpc) is 2.81. The molecule has 0 aliphatic heterocycles. The van der Waals surface area contributed by atoms with Crippen LogP contribution >= 0.6 is 0 Å². The van der Waals surface area contributed by atoms with E-state index in [1.807, 2.05) is 45.9 Å². The molecule has 2 aromatic carbocycles. The van der Waals surface area contributed by atoms with Crippen LogP contribution in [0.1, 0.15) is 70.7 Å². The third-order valence-corrected chi connectivity index (χ3v) is 5.89. The maximum atomic E-state index is 13.9. The number of hydrogen-bond donors (Lipinski definition) is 2. The Balaban J connectivity index is 2.54. The molecule has 1 atom stereocenters. The lowest BCUT2D eigenvalue weighted by molar-refractivity contribution is -0.145. The number of rotatable bonds is 8. The molecule has 2 aromatic rings. The molecule has 0 spiro atoms. The number of carbonyl (C=O) groups excluding carboxylic acids is 3. The van der Waals surface area contributed by atoms with Crippen LogP contribution in [0, 0.1) is 19.3 Å². The van der Waals surface area contributed by atoms with E-state index in [2.05, 4.69) is 16.6 Å². The highest BCUT2D eigenvalue weighted by Gasteiger charge is 2.41. The molecule has 1 unspecified atom stereocenters. The maximum absolute atomic E-state index is 13.9. The van der Waals surface area contributed by atoms with E-state index in [0.29, 0.717) is 23.2 Å². The summed E-state index contributed by atoms with van der Waals surface area (Å²) in [5.41, 5.74) is 1.10. The molecule has 0 saturated heterocycles. The van der Waals surface area contributed by atoms with Gasteiger partial charge in [0.1, 0.15) is 18.2 Å². The molecule has 7 heteroatoms. The normalized spacial score (nSPS) is 12.2. The van der Waals surface area contributed by atoms with E-state index in [1.165, 1.54) is 4.90 Å². The monoisotopic (exact) mass is 491 g/mol. The van der Waals surface area contributed by atoms with Gasteiger partial charge in [0.05, 0.1) is 0 Å². The van der Waals surface area contributed by atoms with Crippen molar-refractivity contribution in [3.8, 4) is 12.3 Å². The zero-order valence-corrected chi connectivity index (χ0v) is 22.3. The van der Waals surface area contributed by atoms with E-state index in [-0.39, 0.29) is 6.54 Å². The predicted molar refractivity (Wildman–Crippen MR) is 142 cm³/mol. The van der Waals surface area contributed by atoms with Crippen molar-refractivity contribution >= 4 is 23.6 Å². The molecule has 0 radical (unpaired) electrons. The van der Waals surface area contributed by atoms with Crippen molar-refractivity contribution < 1.29 is 19.1 Å². The van der Waals surface area contributed by atoms with Gasteiger partial charge in [0.2, 0.25) is 5.91 Å². The Bertz CT molecular complexity index is 1140. The minimum atomic E-state index is -1.04. The van der Waals surface area contributed by atoms with Crippen LogP contribution in [0.25, 0.3) is 0 Å². The lowest BCUT2D eigenvalue weighted by atomic mass is 9.91. The van der Waals surface area contributed by atoms with Gasteiger partial charge in [-0.25, -0.2) is 4.79 Å². The Labute approximate surface area is 214 Å². The van der Waals surface area contributed by atoms with Crippen LogP contribution in [-0.2, 0) is 14.3 Å². The van der Waals surface area contributed by atoms with Crippen LogP contribution in [0.2, 0.25) is 0 Å². The Morgan fingerprint density at radius 2 is 1.64 bits per heavy atom. The number of aryl methyl sites for hydroxylation is 1. The first-order chi connectivity index (χ1) is 16.8. The molecule has 36 heavy (non-hydrogen) atoms. The number of terminal acetylenes is 1. The number of nitrogens with zero attached hydrogens (tertiary/aromatic N) is 1. The van der Waals surface area contributed by atoms with Gasteiger partial charge < -0.3 is 20.3 Å². The molecular weight excluding hydrogens is 454 g/mol. The van der Waals surface area contributed by atoms with Crippen molar-refractivity contribution in [1.29, 1.82) is 0 Å². The second kappa shape index (κ2) is 11.8. The number of benzene rings is 2. The first kappa shape index (κ1) is 28.4. The molecule has 0 saturated carbocycles. The third kappa shape index (κ3) is 7.35. The summed E-state index contributed by atoms with van der Waals surface area (Å²) in [6.07, 6.45) is 5.62. The van der Waals surface area contributed by atoms with Crippen LogP contribution < -0.4 is 10.6 Å². The van der Waals surface area contributed by atoms with Crippen molar-refractivity contribution in [2.45, 2.75) is 72.1 Å². The smallest absolute Gasteiger partial charge is 0.408 e. The van der Waals surface area contributed by atoms with Gasteiger partial charge in [-0.2, -0.15) is 0 Å². The topological polar surface area (TPSA) is 87.7 Å². The van der Waals surface area contributed by atoms with Gasteiger partial charge in [-0.3, -0.25) is 9.59 Å². The lowest BCUT2D eigenvalue weighted by Crippen LogP contribution is -2.55. The molecule has 0 aliphatic rings. The predicted octanol–water partition coefficient (Wildman–Crippen LogP) is 5.20. The molecule has 192 valence electrons. The summed E-state index contributed by atoms with van der Waals surface area (Å²) in [6, 6.07) is 13.4. The van der Waals surface area contributed by atoms with Crippen LogP contribution in [0.3, 0.4) is 0 Å². The van der Waals surface area contributed by atoms with Gasteiger partial charge in [-0.05, 0) is 71.2 Å². The van der Waals surface area contributed by atoms with E-state index < -0.39 is 35.1 Å². The standard InChI is InChI=1S/C29H37N3O4/c1-9-21-16-12-13-17-22(21)25(26(34)31-23-18-14-11-15-20(23)3)32(29(7,8)10-2)24(33)19-30-27(35)36-28(4,5)6/h1,11-18,25H,10,19H2,2-8H3,(H,30,35)(H,31,34). The summed E-state index contributed by atoms with van der Waals surface area (Å²) in [7, 11) is 0. The second-order valence-corrected chi connectivity index (χ2v) is 10.2. The Hall–Kier alpha value is -3.79. The highest BCUT2D eigenvalue weighted by Crippen LogP contribution is 2.34. The van der Waals surface area contributed by atoms with Crippen LogP contribution in [0.4, 0.5) is 10.5 Å². The summed E-state index contributed by atoms with van der Waals surface area (Å²) in [6.45, 7) is 12.5. The van der Waals surface area contributed by atoms with Crippen molar-refractivity contribution in [2.24, 2.45) is 0 Å². The first-order valence-electron chi connectivity index (χ1n) is 12.0. The Morgan fingerprint density at radius 3 is 2.22 bits per heavy atom. The van der Waals surface area contributed by atoms with Gasteiger partial charge in [0.15, 0.2) is 0 Å². The molecule has 0 heterocycles. The molecule has 2 rings (SSSR count). The van der Waals surface area contributed by atoms with Crippen molar-refractivity contribution in [2.75, 3.05) is 11.9 Å². The van der Waals surface area contributed by atoms with E-state index in [9.17, 15) is 14.4 Å². The largest absolute Gasteiger partial charge is 0.444 e. The first-order valence-corrected chi connectivity index (χ1v) is 12.0. The number of hydrogen-bond acceptors (Lipinski definition) is 4. The molecule has 3 amide bonds. The van der Waals surface area contributed by atoms with Gasteiger partial charge in [0.25, 0.3) is 5.91 Å². The SMILES string of the molecule is C#Cc1ccccc1C(C(=O)Nc1ccccc1C)N(C(=O)CNC(=O)OC(C)(C)C)C(C)(C)CC. The molecule has 0 fully saturated rings. The zero-order valence-electron chi connectivity index (χ0n) is 22.3. The number of anilines is 1. The quantitative estimate of drug-likeness (QED) is 0.497. The van der Waals surface area contributed by atoms with Gasteiger partial charge in [0, 0.05) is 16.8 Å². The van der Waals surface area contributed by atoms with Crippen molar-refractivity contribution in [1.82, 2.24) is 10.2 Å². The zero-order chi connectivity index (χ0) is 27.1. The van der Waals surface area contributed by atoms with Crippen molar-refractivity contribution in [3.63, 3.8) is 0 Å². The fourth-order valence-corrected chi connectivity index (χ4v) is 3.73. The fraction of sp³-hybridized carbons (Fsp3) is 0.414. The maximum Gasteiger partial charge on any atom is 0.408 e. The van der Waals surface area contributed by atoms with Gasteiger partial charge >= 0.3 is 6.09 Å². The number of amides is 3. The molecule has 7 nitrogen and oxygen atoms in total. The average molecular weight is 492 g/mol. The summed E-state index contributed by atoms with van der Waals surface area (Å²) >= 11 is 0. The molecule has 0 bridgehead atoms. The molecule has 0 aromatic heterocycles. The third-order valence-electron chi connectivity index (χ3n) is 5.89. The molecule has 2 N–H and O–H groups in total. The summed E-state index contributed by atoms with van der Waals surface area (Å²) < 4.78 is 5.27. The fourth-order valence-electron chi connectivity index (χ4n) is 3.73. The minimum Gasteiger partial charge on any atom is -0.444 e. The van der Waals surface area contributed by atoms with E-state index in [1.54, 1.807) is 51.1 Å². The number of para-hydroxylation sites is 1. The second-order valence-electron chi connectivity index (χ2n) is 10.2. The number of nitrogens with one attached hydrogen (secondary N) is 2.